The molecule has 0 aliphatic rings. The van der Waals surface area contributed by atoms with E-state index in [2.05, 4.69) is 80.3 Å². The molecular formula is C100H194O18P2Zr. The molecule has 0 fully saturated rings. The van der Waals surface area contributed by atoms with E-state index >= 15 is 0 Å². The minimum Gasteiger partial charge on any atom is -0.854 e. The zero-order valence-electron chi connectivity index (χ0n) is 81.9. The zero-order chi connectivity index (χ0) is 90.2. The molecule has 21 heteroatoms. The zero-order valence-corrected chi connectivity index (χ0v) is 84.2. The first-order chi connectivity index (χ1) is 58.6. The number of ether oxygens (including phenoxy) is 8. The van der Waals surface area contributed by atoms with Crippen LogP contribution in [0, 0.1) is 21.7 Å². The molecule has 0 aliphatic carbocycles. The molecule has 0 saturated carbocycles. The Morgan fingerprint density at radius 3 is 0.430 bits per heavy atom. The fourth-order valence-corrected chi connectivity index (χ4v) is 13.6. The van der Waals surface area contributed by atoms with Gasteiger partial charge in [0.1, 0.15) is 0 Å². The molecule has 0 rings (SSSR count). The third kappa shape index (κ3) is 101. The van der Waals surface area contributed by atoms with E-state index in [0.29, 0.717) is 132 Å². The van der Waals surface area contributed by atoms with E-state index in [1.807, 2.05) is 27.7 Å². The predicted octanol–water partition coefficient (Wildman–Crippen LogP) is 23.3. The molecule has 121 heavy (non-hydrogen) atoms. The Labute approximate surface area is 772 Å². The van der Waals surface area contributed by atoms with E-state index in [0.717, 1.165) is 51.4 Å². The Kier molecular flexibility index (Phi) is 124. The van der Waals surface area contributed by atoms with Crippen LogP contribution in [-0.4, -0.2) is 159 Å². The van der Waals surface area contributed by atoms with Crippen LogP contribution >= 0.6 is 17.2 Å². The number of unbranched alkanes of at least 4 members (excludes halogenated alkanes) is 40. The summed E-state index contributed by atoms with van der Waals surface area (Å²) >= 11 is 0. The fraction of sp³-hybridized carbons (Fsp3) is 0.840. The molecule has 0 amide bonds. The second-order valence-corrected chi connectivity index (χ2v) is 34.3. The third-order valence-corrected chi connectivity index (χ3v) is 22.7. The molecule has 0 unspecified atom stereocenters. The molecule has 0 heterocycles. The summed E-state index contributed by atoms with van der Waals surface area (Å²) < 4.78 is 63.9. The maximum Gasteiger partial charge on any atom is 4.00 e. The van der Waals surface area contributed by atoms with Crippen LogP contribution in [0.1, 0.15) is 366 Å². The molecule has 0 aromatic rings. The monoisotopic (exact) mass is 1840 g/mol. The van der Waals surface area contributed by atoms with Gasteiger partial charge in [-0.2, -0.15) is 0 Å². The van der Waals surface area contributed by atoms with Gasteiger partial charge in [-0.05, 0) is 51.4 Å². The molecule has 0 N–H and O–H groups in total. The SMILES string of the molecule is C=CCOCC(CC)(C[O-])COCC=C.C=CCOCC(CC)(C[O-])COCC=C.C=CCOCC(CC)(C[O-])COCC=C.C=CCOCC(CC)(C[O-])COCC=C.CCCCCCCCCCCCCOP([O-])OCCCCCCCCCCCCC.CCCCCCCCCCCCCOP([O-])OCCCCCCCCCCCCC.[H+].[H+].[Zr+4]. The Morgan fingerprint density at radius 2 is 0.331 bits per heavy atom. The molecule has 0 spiro atoms. The minimum absolute atomic E-state index is 0. The van der Waals surface area contributed by atoms with Crippen LogP contribution in [0.3, 0.4) is 0 Å². The van der Waals surface area contributed by atoms with Gasteiger partial charge in [-0.15, -0.1) is 79.1 Å². The molecule has 18 nitrogen and oxygen atoms in total. The fourth-order valence-electron chi connectivity index (χ4n) is 12.3. The third-order valence-electron chi connectivity index (χ3n) is 21.2. The van der Waals surface area contributed by atoms with Crippen molar-refractivity contribution in [3.63, 3.8) is 0 Å². The molecule has 0 atom stereocenters. The largest absolute Gasteiger partial charge is 4.00 e. The molecule has 716 valence electrons. The first-order valence-electron chi connectivity index (χ1n) is 47.9. The maximum atomic E-state index is 11.7. The van der Waals surface area contributed by atoms with E-state index in [-0.39, 0.29) is 55.5 Å². The van der Waals surface area contributed by atoms with Crippen molar-refractivity contribution in [2.45, 2.75) is 364 Å². The summed E-state index contributed by atoms with van der Waals surface area (Å²) in [4.78, 5) is 23.4. The van der Waals surface area contributed by atoms with Crippen LogP contribution in [0.25, 0.3) is 0 Å². The van der Waals surface area contributed by atoms with Gasteiger partial charge in [0.05, 0.1) is 149 Å². The van der Waals surface area contributed by atoms with Gasteiger partial charge in [-0.1, -0.05) is 361 Å². The van der Waals surface area contributed by atoms with Crippen molar-refractivity contribution >= 4 is 17.2 Å². The van der Waals surface area contributed by atoms with Crippen molar-refractivity contribution in [3.05, 3.63) is 101 Å². The van der Waals surface area contributed by atoms with Crippen molar-refractivity contribution < 1.29 is 115 Å². The molecule has 0 bridgehead atoms. The van der Waals surface area contributed by atoms with E-state index in [9.17, 15) is 30.2 Å². The van der Waals surface area contributed by atoms with Crippen LogP contribution in [0.2, 0.25) is 0 Å². The summed E-state index contributed by atoms with van der Waals surface area (Å²) in [5, 5.41) is 44.6. The summed E-state index contributed by atoms with van der Waals surface area (Å²) in [6.45, 7) is 54.3. The average Bonchev–Trinajstić information content (AvgIpc) is 0.909. The van der Waals surface area contributed by atoms with Crippen molar-refractivity contribution in [1.82, 2.24) is 0 Å². The Hall–Kier alpha value is -1.06. The minimum atomic E-state index is -1.91. The van der Waals surface area contributed by atoms with Crippen molar-refractivity contribution in [2.75, 3.05) is 159 Å². The summed E-state index contributed by atoms with van der Waals surface area (Å²) in [6, 6.07) is 0. The number of hydrogen-bond donors (Lipinski definition) is 0. The predicted molar refractivity (Wildman–Crippen MR) is 504 cm³/mol. The van der Waals surface area contributed by atoms with E-state index in [4.69, 9.17) is 56.0 Å². The van der Waals surface area contributed by atoms with Gasteiger partial charge in [0.2, 0.25) is 0 Å². The molecule has 0 radical (unpaired) electrons. The summed E-state index contributed by atoms with van der Waals surface area (Å²) in [5.41, 5.74) is -1.64. The van der Waals surface area contributed by atoms with Gasteiger partial charge in [0, 0.05) is 21.7 Å². The Bertz CT molecular complexity index is 1690. The van der Waals surface area contributed by atoms with Gasteiger partial charge < -0.3 is 86.2 Å². The summed E-state index contributed by atoms with van der Waals surface area (Å²) in [6.07, 6.45) is 74.4. The molecule has 0 aliphatic heterocycles. The molecule has 0 aromatic carbocycles. The normalized spacial score (nSPS) is 11.4. The van der Waals surface area contributed by atoms with Crippen molar-refractivity contribution in [2.24, 2.45) is 21.7 Å². The summed E-state index contributed by atoms with van der Waals surface area (Å²) in [7, 11) is -3.81. The van der Waals surface area contributed by atoms with Gasteiger partial charge in [-0.25, -0.2) is 0 Å². The van der Waals surface area contributed by atoms with Crippen LogP contribution in [0.5, 0.6) is 0 Å². The average molecular weight is 1840 g/mol. The topological polar surface area (TPSA) is 249 Å². The smallest absolute Gasteiger partial charge is 0.854 e. The van der Waals surface area contributed by atoms with Crippen molar-refractivity contribution in [1.29, 1.82) is 0 Å². The van der Waals surface area contributed by atoms with Crippen LogP contribution in [-0.2, 0) is 82.2 Å². The van der Waals surface area contributed by atoms with Gasteiger partial charge in [-0.3, -0.25) is 0 Å². The van der Waals surface area contributed by atoms with E-state index < -0.39 is 38.9 Å². The second-order valence-electron chi connectivity index (χ2n) is 32.3. The Balaban J connectivity index is -0.000000186. The summed E-state index contributed by atoms with van der Waals surface area (Å²) in [5.74, 6) is 0. The second kappa shape index (κ2) is 113. The molecule has 0 aromatic heterocycles. The molecular weight excluding hydrogens is 1640 g/mol. The quantitative estimate of drug-likeness (QED) is 0.0312. The maximum absolute atomic E-state index is 11.7. The number of rotatable bonds is 92. The first-order valence-corrected chi connectivity index (χ1v) is 50.1. The molecule has 0 saturated heterocycles. The Morgan fingerprint density at radius 1 is 0.215 bits per heavy atom. The van der Waals surface area contributed by atoms with Gasteiger partial charge >= 0.3 is 29.1 Å². The van der Waals surface area contributed by atoms with Crippen LogP contribution < -0.4 is 30.2 Å². The first kappa shape index (κ1) is 133. The van der Waals surface area contributed by atoms with Crippen LogP contribution in [0.15, 0.2) is 101 Å². The van der Waals surface area contributed by atoms with Crippen molar-refractivity contribution in [3.8, 4) is 0 Å². The van der Waals surface area contributed by atoms with E-state index in [1.54, 1.807) is 48.6 Å². The standard InChI is InChI=1S/2C26H54O3P.4C12H21O3.Zr/c2*1-3-5-7-9-11-13-15-17-19-21-23-25-28-30(27)29-26-24-22-20-18-16-14-12-10-8-6-4-2;4*1-4-7-14-10-12(6-3,9-13)11-15-8-5-2;/h2*3-26H2,1-2H3;4*4-5H,1-2,6-11H2,3H3;/q6*-1;+4/p+2. The number of hydrogen-bond acceptors (Lipinski definition) is 18. The van der Waals surface area contributed by atoms with Gasteiger partial charge in [0.25, 0.3) is 0 Å². The van der Waals surface area contributed by atoms with Crippen LogP contribution in [0.4, 0.5) is 0 Å². The van der Waals surface area contributed by atoms with Gasteiger partial charge in [0.15, 0.2) is 0 Å². The van der Waals surface area contributed by atoms with E-state index in [1.165, 1.54) is 257 Å².